The van der Waals surface area contributed by atoms with E-state index in [1.807, 2.05) is 0 Å². The molecule has 1 nitrogen and oxygen atoms in total. The molecule has 0 spiro atoms. The molecule has 4 aliphatic rings. The Labute approximate surface area is 102 Å². The molecular weight excluding hydrogens is 220 g/mol. The summed E-state index contributed by atoms with van der Waals surface area (Å²) in [5, 5.41) is 3.23. The van der Waals surface area contributed by atoms with E-state index < -0.39 is 6.43 Å². The summed E-state index contributed by atoms with van der Waals surface area (Å²) in [5.41, 5.74) is 0.839. The molecule has 0 aromatic heterocycles. The molecule has 4 fully saturated rings. The minimum Gasteiger partial charge on any atom is -0.306 e. The van der Waals surface area contributed by atoms with Crippen molar-refractivity contribution in [3.05, 3.63) is 0 Å². The number of nitrogens with one attached hydrogen (secondary N) is 1. The summed E-state index contributed by atoms with van der Waals surface area (Å²) in [6, 6.07) is 0. The SMILES string of the molecule is CC12CC3CC(C)(C1)CC(NCC(F)F)(C3)C2. The molecule has 0 aromatic rings. The van der Waals surface area contributed by atoms with Crippen molar-refractivity contribution < 1.29 is 8.78 Å². The summed E-state index contributed by atoms with van der Waals surface area (Å²) in [6.45, 7) is 4.61. The Morgan fingerprint density at radius 3 is 2.12 bits per heavy atom. The highest BCUT2D eigenvalue weighted by molar-refractivity contribution is 5.14. The van der Waals surface area contributed by atoms with Gasteiger partial charge in [0.05, 0.1) is 6.54 Å². The van der Waals surface area contributed by atoms with Gasteiger partial charge >= 0.3 is 0 Å². The van der Waals surface area contributed by atoms with Gasteiger partial charge in [-0.1, -0.05) is 13.8 Å². The average molecular weight is 243 g/mol. The van der Waals surface area contributed by atoms with Gasteiger partial charge in [0.25, 0.3) is 6.43 Å². The fourth-order valence-electron chi connectivity index (χ4n) is 5.94. The number of halogens is 2. The lowest BCUT2D eigenvalue weighted by Gasteiger charge is -2.65. The molecule has 0 amide bonds. The van der Waals surface area contributed by atoms with Crippen molar-refractivity contribution in [2.75, 3.05) is 6.54 Å². The van der Waals surface area contributed by atoms with Crippen LogP contribution in [-0.4, -0.2) is 18.5 Å². The van der Waals surface area contributed by atoms with E-state index in [-0.39, 0.29) is 12.1 Å². The molecule has 17 heavy (non-hydrogen) atoms. The number of alkyl halides is 2. The van der Waals surface area contributed by atoms with Crippen molar-refractivity contribution in [1.29, 1.82) is 0 Å². The highest BCUT2D eigenvalue weighted by Gasteiger charge is 2.59. The molecule has 0 heterocycles. The second kappa shape index (κ2) is 3.43. The van der Waals surface area contributed by atoms with Gasteiger partial charge in [-0.15, -0.1) is 0 Å². The number of hydrogen-bond donors (Lipinski definition) is 1. The van der Waals surface area contributed by atoms with E-state index in [1.54, 1.807) is 0 Å². The molecular formula is C14H23F2N. The second-order valence-electron chi connectivity index (χ2n) is 7.68. The minimum absolute atomic E-state index is 0.0271. The smallest absolute Gasteiger partial charge is 0.250 e. The van der Waals surface area contributed by atoms with Crippen LogP contribution in [0.25, 0.3) is 0 Å². The van der Waals surface area contributed by atoms with Crippen LogP contribution in [-0.2, 0) is 0 Å². The van der Waals surface area contributed by atoms with E-state index in [9.17, 15) is 8.78 Å². The predicted octanol–water partition coefficient (Wildman–Crippen LogP) is 3.59. The molecule has 2 unspecified atom stereocenters. The molecule has 4 aliphatic carbocycles. The molecule has 0 aromatic carbocycles. The zero-order valence-electron chi connectivity index (χ0n) is 10.9. The minimum atomic E-state index is -2.22. The first-order valence-corrected chi connectivity index (χ1v) is 6.85. The van der Waals surface area contributed by atoms with E-state index in [1.165, 1.54) is 19.3 Å². The second-order valence-corrected chi connectivity index (χ2v) is 7.68. The topological polar surface area (TPSA) is 12.0 Å². The quantitative estimate of drug-likeness (QED) is 0.798. The van der Waals surface area contributed by atoms with Crippen LogP contribution in [0.4, 0.5) is 8.78 Å². The zero-order valence-corrected chi connectivity index (χ0v) is 10.9. The zero-order chi connectivity index (χ0) is 12.3. The third kappa shape index (κ3) is 2.00. The summed E-state index contributed by atoms with van der Waals surface area (Å²) < 4.78 is 24.9. The van der Waals surface area contributed by atoms with Crippen molar-refractivity contribution in [3.8, 4) is 0 Å². The van der Waals surface area contributed by atoms with Crippen LogP contribution in [0.2, 0.25) is 0 Å². The van der Waals surface area contributed by atoms with E-state index in [4.69, 9.17) is 0 Å². The molecule has 0 saturated heterocycles. The predicted molar refractivity (Wildman–Crippen MR) is 64.1 cm³/mol. The molecule has 3 heteroatoms. The van der Waals surface area contributed by atoms with Gasteiger partial charge in [0.15, 0.2) is 0 Å². The van der Waals surface area contributed by atoms with Gasteiger partial charge in [-0.05, 0) is 55.3 Å². The highest BCUT2D eigenvalue weighted by atomic mass is 19.3. The monoisotopic (exact) mass is 243 g/mol. The van der Waals surface area contributed by atoms with Crippen molar-refractivity contribution in [3.63, 3.8) is 0 Å². The highest BCUT2D eigenvalue weighted by Crippen LogP contribution is 2.66. The lowest BCUT2D eigenvalue weighted by molar-refractivity contribution is -0.120. The summed E-state index contributed by atoms with van der Waals surface area (Å²) in [4.78, 5) is 0. The number of rotatable bonds is 3. The fourth-order valence-corrected chi connectivity index (χ4v) is 5.94. The third-order valence-corrected chi connectivity index (χ3v) is 5.26. The van der Waals surface area contributed by atoms with Crippen LogP contribution in [0.15, 0.2) is 0 Å². The molecule has 4 saturated carbocycles. The molecule has 98 valence electrons. The van der Waals surface area contributed by atoms with Crippen LogP contribution >= 0.6 is 0 Å². The first-order valence-electron chi connectivity index (χ1n) is 6.85. The van der Waals surface area contributed by atoms with Crippen LogP contribution < -0.4 is 5.32 Å². The van der Waals surface area contributed by atoms with Crippen LogP contribution in [0.3, 0.4) is 0 Å². The van der Waals surface area contributed by atoms with Crippen molar-refractivity contribution in [2.24, 2.45) is 16.7 Å². The van der Waals surface area contributed by atoms with Gasteiger partial charge in [0.2, 0.25) is 0 Å². The van der Waals surface area contributed by atoms with Crippen LogP contribution in [0, 0.1) is 16.7 Å². The van der Waals surface area contributed by atoms with Gasteiger partial charge in [-0.2, -0.15) is 0 Å². The Bertz CT molecular complexity index is 310. The average Bonchev–Trinajstić information content (AvgIpc) is 2.08. The first kappa shape index (κ1) is 11.9. The fraction of sp³-hybridized carbons (Fsp3) is 1.00. The van der Waals surface area contributed by atoms with E-state index in [0.29, 0.717) is 10.8 Å². The lowest BCUT2D eigenvalue weighted by Crippen LogP contribution is -2.64. The van der Waals surface area contributed by atoms with Gasteiger partial charge in [0.1, 0.15) is 0 Å². The maximum absolute atomic E-state index is 12.4. The molecule has 1 N–H and O–H groups in total. The first-order chi connectivity index (χ1) is 7.82. The van der Waals surface area contributed by atoms with E-state index in [0.717, 1.165) is 25.2 Å². The molecule has 2 atom stereocenters. The lowest BCUT2D eigenvalue weighted by atomic mass is 9.43. The third-order valence-electron chi connectivity index (χ3n) is 5.26. The maximum Gasteiger partial charge on any atom is 0.250 e. The standard InChI is InChI=1S/C14H23F2N/c1-12-3-10-4-13(2,7-12)9-14(5-10,8-12)17-6-11(15)16/h10-11,17H,3-9H2,1-2H3. The molecule has 4 bridgehead atoms. The molecule has 4 rings (SSSR count). The Hall–Kier alpha value is -0.180. The summed E-state index contributed by atoms with van der Waals surface area (Å²) in [6.07, 6.45) is 5.07. The van der Waals surface area contributed by atoms with Crippen LogP contribution in [0.1, 0.15) is 52.4 Å². The normalized spacial score (nSPS) is 52.4. The number of hydrogen-bond acceptors (Lipinski definition) is 1. The van der Waals surface area contributed by atoms with Crippen molar-refractivity contribution >= 4 is 0 Å². The van der Waals surface area contributed by atoms with Crippen molar-refractivity contribution in [1.82, 2.24) is 5.32 Å². The summed E-state index contributed by atoms with van der Waals surface area (Å²) in [5.74, 6) is 0.770. The van der Waals surface area contributed by atoms with Crippen molar-refractivity contribution in [2.45, 2.75) is 64.3 Å². The summed E-state index contributed by atoms with van der Waals surface area (Å²) in [7, 11) is 0. The van der Waals surface area contributed by atoms with Gasteiger partial charge in [-0.3, -0.25) is 0 Å². The maximum atomic E-state index is 12.4. The molecule has 0 aliphatic heterocycles. The molecule has 0 radical (unpaired) electrons. The van der Waals surface area contributed by atoms with E-state index >= 15 is 0 Å². The van der Waals surface area contributed by atoms with Gasteiger partial charge in [-0.25, -0.2) is 8.78 Å². The Balaban J connectivity index is 1.82. The largest absolute Gasteiger partial charge is 0.306 e. The summed E-state index contributed by atoms with van der Waals surface area (Å²) >= 11 is 0. The Kier molecular flexibility index (Phi) is 2.40. The Morgan fingerprint density at radius 2 is 1.65 bits per heavy atom. The van der Waals surface area contributed by atoms with Gasteiger partial charge in [0, 0.05) is 5.54 Å². The Morgan fingerprint density at radius 1 is 1.06 bits per heavy atom. The van der Waals surface area contributed by atoms with E-state index in [2.05, 4.69) is 19.2 Å². The van der Waals surface area contributed by atoms with Gasteiger partial charge < -0.3 is 5.32 Å². The van der Waals surface area contributed by atoms with Crippen LogP contribution in [0.5, 0.6) is 0 Å².